The SMILES string of the molecule is COc1ccc(N2C[C@H](C(=O)NCCCc3ccccc3)CC2=O)cc1. The van der Waals surface area contributed by atoms with E-state index < -0.39 is 0 Å². The molecule has 5 heteroatoms. The Balaban J connectivity index is 1.47. The summed E-state index contributed by atoms with van der Waals surface area (Å²) in [6.07, 6.45) is 2.08. The molecule has 1 fully saturated rings. The molecule has 2 amide bonds. The molecule has 2 aromatic rings. The molecule has 0 aromatic heterocycles. The molecule has 1 atom stereocenters. The predicted molar refractivity (Wildman–Crippen MR) is 101 cm³/mol. The van der Waals surface area contributed by atoms with Gasteiger partial charge in [-0.3, -0.25) is 9.59 Å². The quantitative estimate of drug-likeness (QED) is 0.780. The van der Waals surface area contributed by atoms with Gasteiger partial charge in [0, 0.05) is 25.2 Å². The number of methoxy groups -OCH3 is 1. The third kappa shape index (κ3) is 4.42. The second kappa shape index (κ2) is 8.52. The Labute approximate surface area is 154 Å². The van der Waals surface area contributed by atoms with Crippen LogP contribution in [-0.4, -0.2) is 32.0 Å². The van der Waals surface area contributed by atoms with E-state index in [9.17, 15) is 9.59 Å². The van der Waals surface area contributed by atoms with Crippen molar-refractivity contribution in [1.29, 1.82) is 0 Å². The Hall–Kier alpha value is -2.82. The molecular weight excluding hydrogens is 328 g/mol. The molecule has 1 aliphatic rings. The fourth-order valence-electron chi connectivity index (χ4n) is 3.19. The lowest BCUT2D eigenvalue weighted by molar-refractivity contribution is -0.126. The molecule has 1 N–H and O–H groups in total. The molecule has 0 bridgehead atoms. The van der Waals surface area contributed by atoms with Crippen LogP contribution < -0.4 is 15.0 Å². The highest BCUT2D eigenvalue weighted by Crippen LogP contribution is 2.26. The number of nitrogens with zero attached hydrogens (tertiary/aromatic N) is 1. The van der Waals surface area contributed by atoms with Gasteiger partial charge in [-0.25, -0.2) is 0 Å². The van der Waals surface area contributed by atoms with E-state index in [0.29, 0.717) is 13.1 Å². The summed E-state index contributed by atoms with van der Waals surface area (Å²) in [7, 11) is 1.61. The van der Waals surface area contributed by atoms with Crippen molar-refractivity contribution in [3.05, 3.63) is 60.2 Å². The van der Waals surface area contributed by atoms with Crippen molar-refractivity contribution < 1.29 is 14.3 Å². The number of ether oxygens (including phenoxy) is 1. The van der Waals surface area contributed by atoms with E-state index in [1.54, 1.807) is 12.0 Å². The number of nitrogens with one attached hydrogen (secondary N) is 1. The molecule has 0 aliphatic carbocycles. The molecule has 1 heterocycles. The first kappa shape index (κ1) is 18.0. The van der Waals surface area contributed by atoms with E-state index in [2.05, 4.69) is 17.4 Å². The van der Waals surface area contributed by atoms with E-state index in [0.717, 1.165) is 24.3 Å². The molecule has 5 nitrogen and oxygen atoms in total. The highest BCUT2D eigenvalue weighted by molar-refractivity contribution is 6.00. The predicted octanol–water partition coefficient (Wildman–Crippen LogP) is 2.80. The molecule has 0 unspecified atom stereocenters. The van der Waals surface area contributed by atoms with Gasteiger partial charge >= 0.3 is 0 Å². The highest BCUT2D eigenvalue weighted by atomic mass is 16.5. The van der Waals surface area contributed by atoms with Gasteiger partial charge < -0.3 is 15.0 Å². The molecule has 1 aliphatic heterocycles. The summed E-state index contributed by atoms with van der Waals surface area (Å²) >= 11 is 0. The number of hydrogen-bond donors (Lipinski definition) is 1. The minimum Gasteiger partial charge on any atom is -0.497 e. The average molecular weight is 352 g/mol. The molecule has 0 saturated carbocycles. The standard InChI is InChI=1S/C21H24N2O3/c1-26-19-11-9-18(10-12-19)23-15-17(14-20(23)24)21(25)22-13-5-8-16-6-3-2-4-7-16/h2-4,6-7,9-12,17H,5,8,13-15H2,1H3,(H,22,25)/t17-/m1/s1. The van der Waals surface area contributed by atoms with Gasteiger partial charge in [0.25, 0.3) is 0 Å². The maximum atomic E-state index is 12.4. The van der Waals surface area contributed by atoms with Gasteiger partial charge in [0.05, 0.1) is 13.0 Å². The summed E-state index contributed by atoms with van der Waals surface area (Å²) in [6, 6.07) is 17.5. The van der Waals surface area contributed by atoms with Crippen molar-refractivity contribution in [2.75, 3.05) is 25.1 Å². The zero-order chi connectivity index (χ0) is 18.4. The summed E-state index contributed by atoms with van der Waals surface area (Å²) in [5, 5.41) is 2.97. The maximum absolute atomic E-state index is 12.4. The third-order valence-corrected chi connectivity index (χ3v) is 4.66. The van der Waals surface area contributed by atoms with Crippen LogP contribution in [0.4, 0.5) is 5.69 Å². The lowest BCUT2D eigenvalue weighted by Crippen LogP contribution is -2.33. The first-order valence-electron chi connectivity index (χ1n) is 8.93. The molecular formula is C21H24N2O3. The summed E-state index contributed by atoms with van der Waals surface area (Å²) in [6.45, 7) is 1.05. The first-order valence-corrected chi connectivity index (χ1v) is 8.93. The van der Waals surface area contributed by atoms with Gasteiger partial charge in [0.2, 0.25) is 11.8 Å². The topological polar surface area (TPSA) is 58.6 Å². The molecule has 2 aromatic carbocycles. The van der Waals surface area contributed by atoms with Gasteiger partial charge in [-0.1, -0.05) is 30.3 Å². The lowest BCUT2D eigenvalue weighted by Gasteiger charge is -2.17. The minimum atomic E-state index is -0.290. The Morgan fingerprint density at radius 3 is 2.58 bits per heavy atom. The number of aryl methyl sites for hydroxylation is 1. The summed E-state index contributed by atoms with van der Waals surface area (Å²) in [4.78, 5) is 26.3. The zero-order valence-electron chi connectivity index (χ0n) is 15.0. The molecule has 26 heavy (non-hydrogen) atoms. The van der Waals surface area contributed by atoms with E-state index in [-0.39, 0.29) is 24.2 Å². The number of rotatable bonds is 7. The fourth-order valence-corrected chi connectivity index (χ4v) is 3.19. The van der Waals surface area contributed by atoms with Crippen LogP contribution in [0.1, 0.15) is 18.4 Å². The van der Waals surface area contributed by atoms with Gasteiger partial charge in [-0.2, -0.15) is 0 Å². The Morgan fingerprint density at radius 2 is 1.88 bits per heavy atom. The fraction of sp³-hybridized carbons (Fsp3) is 0.333. The number of benzene rings is 2. The minimum absolute atomic E-state index is 0.0143. The lowest BCUT2D eigenvalue weighted by atomic mass is 10.1. The van der Waals surface area contributed by atoms with Gasteiger partial charge in [0.1, 0.15) is 5.75 Å². The highest BCUT2D eigenvalue weighted by Gasteiger charge is 2.34. The van der Waals surface area contributed by atoms with Crippen LogP contribution in [0, 0.1) is 5.92 Å². The number of carbonyl (C=O) groups excluding carboxylic acids is 2. The summed E-state index contributed by atoms with van der Waals surface area (Å²) in [5.41, 5.74) is 2.07. The smallest absolute Gasteiger partial charge is 0.227 e. The monoisotopic (exact) mass is 352 g/mol. The van der Waals surface area contributed by atoms with Crippen molar-refractivity contribution in [1.82, 2.24) is 5.32 Å². The van der Waals surface area contributed by atoms with E-state index in [1.165, 1.54) is 5.56 Å². The van der Waals surface area contributed by atoms with Crippen LogP contribution in [0.15, 0.2) is 54.6 Å². The number of carbonyl (C=O) groups is 2. The number of hydrogen-bond acceptors (Lipinski definition) is 3. The second-order valence-corrected chi connectivity index (χ2v) is 6.48. The summed E-state index contributed by atoms with van der Waals surface area (Å²) < 4.78 is 5.14. The van der Waals surface area contributed by atoms with Crippen molar-refractivity contribution >= 4 is 17.5 Å². The van der Waals surface area contributed by atoms with Crippen LogP contribution in [0.3, 0.4) is 0 Å². The summed E-state index contributed by atoms with van der Waals surface area (Å²) in [5.74, 6) is 0.399. The Morgan fingerprint density at radius 1 is 1.15 bits per heavy atom. The molecule has 0 radical (unpaired) electrons. The van der Waals surface area contributed by atoms with Gasteiger partial charge in [0.15, 0.2) is 0 Å². The van der Waals surface area contributed by atoms with E-state index in [4.69, 9.17) is 4.74 Å². The van der Waals surface area contributed by atoms with E-state index in [1.807, 2.05) is 42.5 Å². The zero-order valence-corrected chi connectivity index (χ0v) is 15.0. The molecule has 136 valence electrons. The van der Waals surface area contributed by atoms with Crippen LogP contribution in [0.25, 0.3) is 0 Å². The Bertz CT molecular complexity index is 744. The van der Waals surface area contributed by atoms with Crippen LogP contribution in [0.2, 0.25) is 0 Å². The third-order valence-electron chi connectivity index (χ3n) is 4.66. The van der Waals surface area contributed by atoms with Gasteiger partial charge in [-0.05, 0) is 42.7 Å². The largest absolute Gasteiger partial charge is 0.497 e. The van der Waals surface area contributed by atoms with E-state index >= 15 is 0 Å². The van der Waals surface area contributed by atoms with Gasteiger partial charge in [-0.15, -0.1) is 0 Å². The second-order valence-electron chi connectivity index (χ2n) is 6.48. The molecule has 0 spiro atoms. The molecule has 1 saturated heterocycles. The number of amides is 2. The Kier molecular flexibility index (Phi) is 5.89. The normalized spacial score (nSPS) is 16.6. The van der Waals surface area contributed by atoms with Crippen molar-refractivity contribution in [3.63, 3.8) is 0 Å². The first-order chi connectivity index (χ1) is 12.7. The van der Waals surface area contributed by atoms with Crippen molar-refractivity contribution in [3.8, 4) is 5.75 Å². The average Bonchev–Trinajstić information content (AvgIpc) is 3.08. The van der Waals surface area contributed by atoms with Crippen molar-refractivity contribution in [2.24, 2.45) is 5.92 Å². The molecule has 3 rings (SSSR count). The maximum Gasteiger partial charge on any atom is 0.227 e. The van der Waals surface area contributed by atoms with Crippen LogP contribution >= 0.6 is 0 Å². The van der Waals surface area contributed by atoms with Crippen LogP contribution in [0.5, 0.6) is 5.75 Å². The van der Waals surface area contributed by atoms with Crippen molar-refractivity contribution in [2.45, 2.75) is 19.3 Å². The number of anilines is 1. The van der Waals surface area contributed by atoms with Crippen LogP contribution in [-0.2, 0) is 16.0 Å².